The molecule has 0 saturated heterocycles. The molecule has 4 rings (SSSR count). The number of benzene rings is 2. The van der Waals surface area contributed by atoms with Gasteiger partial charge >= 0.3 is 5.97 Å². The number of aromatic amines is 1. The van der Waals surface area contributed by atoms with Crippen LogP contribution in [-0.2, 0) is 4.74 Å². The van der Waals surface area contributed by atoms with Crippen molar-refractivity contribution in [3.05, 3.63) is 77.0 Å². The number of hydrogen-bond acceptors (Lipinski definition) is 4. The molecule has 1 unspecified atom stereocenters. The number of carbonyl (C=O) groups excluding carboxylic acids is 2. The Bertz CT molecular complexity index is 946. The summed E-state index contributed by atoms with van der Waals surface area (Å²) in [6, 6.07) is 16.4. The molecule has 0 aliphatic carbocycles. The van der Waals surface area contributed by atoms with Crippen LogP contribution in [0, 0.1) is 0 Å². The summed E-state index contributed by atoms with van der Waals surface area (Å²) < 4.78 is 4.72. The summed E-state index contributed by atoms with van der Waals surface area (Å²) in [5, 5.41) is 10.1. The van der Waals surface area contributed by atoms with Gasteiger partial charge in [-0.25, -0.2) is 4.79 Å². The van der Waals surface area contributed by atoms with Crippen LogP contribution in [0.3, 0.4) is 0 Å². The number of esters is 1. The first-order valence-electron chi connectivity index (χ1n) is 7.82. The molecule has 1 aliphatic heterocycles. The Kier molecular flexibility index (Phi) is 3.57. The van der Waals surface area contributed by atoms with Crippen LogP contribution in [0.15, 0.2) is 54.6 Å². The molecule has 2 heterocycles. The number of nitrogens with zero attached hydrogens (tertiary/aromatic N) is 1. The van der Waals surface area contributed by atoms with Crippen LogP contribution in [0.1, 0.15) is 38.0 Å². The number of carbonyl (C=O) groups is 2. The first kappa shape index (κ1) is 15.1. The smallest absolute Gasteiger partial charge is 0.337 e. The predicted octanol–water partition coefficient (Wildman–Crippen LogP) is 2.70. The SMILES string of the molecule is COC(=O)c1ccc(C2NC(=O)c3[nH]nc(-c4ccccc4)c32)cc1. The van der Waals surface area contributed by atoms with E-state index in [4.69, 9.17) is 4.74 Å². The van der Waals surface area contributed by atoms with E-state index >= 15 is 0 Å². The molecule has 0 fully saturated rings. The molecule has 25 heavy (non-hydrogen) atoms. The maximum absolute atomic E-state index is 12.3. The van der Waals surface area contributed by atoms with Gasteiger partial charge < -0.3 is 10.1 Å². The largest absolute Gasteiger partial charge is 0.465 e. The minimum atomic E-state index is -0.393. The van der Waals surface area contributed by atoms with Gasteiger partial charge in [-0.05, 0) is 17.7 Å². The molecule has 0 saturated carbocycles. The highest BCUT2D eigenvalue weighted by Gasteiger charge is 2.35. The van der Waals surface area contributed by atoms with E-state index < -0.39 is 5.97 Å². The van der Waals surface area contributed by atoms with E-state index in [2.05, 4.69) is 15.5 Å². The molecule has 1 atom stereocenters. The Labute approximate surface area is 143 Å². The van der Waals surface area contributed by atoms with Crippen LogP contribution < -0.4 is 5.32 Å². The fourth-order valence-corrected chi connectivity index (χ4v) is 3.08. The van der Waals surface area contributed by atoms with Crippen molar-refractivity contribution in [3.8, 4) is 11.3 Å². The number of hydrogen-bond donors (Lipinski definition) is 2. The fraction of sp³-hybridized carbons (Fsp3) is 0.105. The maximum atomic E-state index is 12.3. The maximum Gasteiger partial charge on any atom is 0.337 e. The van der Waals surface area contributed by atoms with Crippen molar-refractivity contribution >= 4 is 11.9 Å². The highest BCUT2D eigenvalue weighted by atomic mass is 16.5. The van der Waals surface area contributed by atoms with Gasteiger partial charge in [-0.3, -0.25) is 9.89 Å². The van der Waals surface area contributed by atoms with Crippen LogP contribution in [0.2, 0.25) is 0 Å². The van der Waals surface area contributed by atoms with Gasteiger partial charge in [0.05, 0.1) is 24.4 Å². The molecule has 124 valence electrons. The lowest BCUT2D eigenvalue weighted by Gasteiger charge is -2.13. The number of aromatic nitrogens is 2. The predicted molar refractivity (Wildman–Crippen MR) is 91.1 cm³/mol. The average molecular weight is 333 g/mol. The average Bonchev–Trinajstić information content (AvgIpc) is 3.23. The summed E-state index contributed by atoms with van der Waals surface area (Å²) in [6.07, 6.45) is 0. The third kappa shape index (κ3) is 2.48. The van der Waals surface area contributed by atoms with Gasteiger partial charge in [0.15, 0.2) is 0 Å². The Morgan fingerprint density at radius 3 is 2.48 bits per heavy atom. The summed E-state index contributed by atoms with van der Waals surface area (Å²) >= 11 is 0. The summed E-state index contributed by atoms with van der Waals surface area (Å²) in [5.41, 5.74) is 4.32. The normalized spacial score (nSPS) is 15.6. The van der Waals surface area contributed by atoms with Crippen LogP contribution in [-0.4, -0.2) is 29.2 Å². The van der Waals surface area contributed by atoms with Gasteiger partial charge in [-0.1, -0.05) is 42.5 Å². The second-order valence-electron chi connectivity index (χ2n) is 5.75. The quantitative estimate of drug-likeness (QED) is 0.722. The molecular formula is C19H15N3O3. The third-order valence-electron chi connectivity index (χ3n) is 4.31. The molecule has 0 bridgehead atoms. The van der Waals surface area contributed by atoms with Crippen molar-refractivity contribution in [1.82, 2.24) is 15.5 Å². The van der Waals surface area contributed by atoms with Crippen molar-refractivity contribution in [2.45, 2.75) is 6.04 Å². The van der Waals surface area contributed by atoms with Gasteiger partial charge in [0.25, 0.3) is 5.91 Å². The summed E-state index contributed by atoms with van der Waals surface area (Å²) in [6.45, 7) is 0. The molecule has 1 aliphatic rings. The minimum Gasteiger partial charge on any atom is -0.465 e. The van der Waals surface area contributed by atoms with Gasteiger partial charge in [-0.2, -0.15) is 5.10 Å². The molecule has 6 heteroatoms. The first-order chi connectivity index (χ1) is 12.2. The van der Waals surface area contributed by atoms with E-state index in [1.54, 1.807) is 12.1 Å². The second-order valence-corrected chi connectivity index (χ2v) is 5.75. The topological polar surface area (TPSA) is 84.1 Å². The van der Waals surface area contributed by atoms with E-state index in [0.717, 1.165) is 22.4 Å². The molecular weight excluding hydrogens is 318 g/mol. The molecule has 2 aromatic carbocycles. The number of methoxy groups -OCH3 is 1. The molecule has 1 amide bonds. The number of rotatable bonds is 3. The fourth-order valence-electron chi connectivity index (χ4n) is 3.08. The Morgan fingerprint density at radius 2 is 1.80 bits per heavy atom. The Hall–Kier alpha value is -3.41. The zero-order valence-electron chi connectivity index (χ0n) is 13.4. The van der Waals surface area contributed by atoms with Crippen molar-refractivity contribution in [2.24, 2.45) is 0 Å². The van der Waals surface area contributed by atoms with Crippen LogP contribution in [0.5, 0.6) is 0 Å². The number of amides is 1. The van der Waals surface area contributed by atoms with E-state index in [0.29, 0.717) is 11.3 Å². The van der Waals surface area contributed by atoms with Crippen molar-refractivity contribution in [1.29, 1.82) is 0 Å². The minimum absolute atomic E-state index is 0.188. The number of nitrogens with one attached hydrogen (secondary N) is 2. The van der Waals surface area contributed by atoms with Gasteiger partial charge in [0.2, 0.25) is 0 Å². The van der Waals surface area contributed by atoms with Crippen LogP contribution in [0.25, 0.3) is 11.3 Å². The van der Waals surface area contributed by atoms with Gasteiger partial charge in [-0.15, -0.1) is 0 Å². The lowest BCUT2D eigenvalue weighted by molar-refractivity contribution is 0.0600. The number of ether oxygens (including phenoxy) is 1. The van der Waals surface area contributed by atoms with Gasteiger partial charge in [0.1, 0.15) is 5.69 Å². The molecule has 6 nitrogen and oxygen atoms in total. The molecule has 1 aromatic heterocycles. The Morgan fingerprint density at radius 1 is 1.08 bits per heavy atom. The van der Waals surface area contributed by atoms with Crippen LogP contribution >= 0.6 is 0 Å². The summed E-state index contributed by atoms with van der Waals surface area (Å²) in [5.74, 6) is -0.581. The monoisotopic (exact) mass is 333 g/mol. The van der Waals surface area contributed by atoms with E-state index in [-0.39, 0.29) is 11.9 Å². The van der Waals surface area contributed by atoms with E-state index in [1.165, 1.54) is 7.11 Å². The summed E-state index contributed by atoms with van der Waals surface area (Å²) in [4.78, 5) is 23.8. The molecule has 0 radical (unpaired) electrons. The number of fused-ring (bicyclic) bond motifs is 1. The molecule has 2 N–H and O–H groups in total. The highest BCUT2D eigenvalue weighted by molar-refractivity contribution is 6.00. The zero-order chi connectivity index (χ0) is 17.4. The third-order valence-corrected chi connectivity index (χ3v) is 4.31. The lowest BCUT2D eigenvalue weighted by Crippen LogP contribution is -2.21. The highest BCUT2D eigenvalue weighted by Crippen LogP contribution is 2.36. The van der Waals surface area contributed by atoms with Crippen molar-refractivity contribution in [2.75, 3.05) is 7.11 Å². The first-order valence-corrected chi connectivity index (χ1v) is 7.82. The standard InChI is InChI=1S/C19H15N3O3/c1-25-19(24)13-9-7-12(8-10-13)15-14-16(11-5-3-2-4-6-11)21-22-17(14)18(23)20-15/h2-10,15H,1H3,(H,20,23)(H,21,22). The van der Waals surface area contributed by atoms with Crippen molar-refractivity contribution in [3.63, 3.8) is 0 Å². The number of H-pyrrole nitrogens is 1. The van der Waals surface area contributed by atoms with Gasteiger partial charge in [0, 0.05) is 11.1 Å². The second kappa shape index (κ2) is 5.90. The van der Waals surface area contributed by atoms with Crippen molar-refractivity contribution < 1.29 is 14.3 Å². The van der Waals surface area contributed by atoms with Crippen LogP contribution in [0.4, 0.5) is 0 Å². The molecule has 0 spiro atoms. The Balaban J connectivity index is 1.76. The lowest BCUT2D eigenvalue weighted by atomic mass is 9.96. The van der Waals surface area contributed by atoms with E-state index in [1.807, 2.05) is 42.5 Å². The van der Waals surface area contributed by atoms with E-state index in [9.17, 15) is 9.59 Å². The zero-order valence-corrected chi connectivity index (χ0v) is 13.4. The summed E-state index contributed by atoms with van der Waals surface area (Å²) in [7, 11) is 1.34. The molecule has 3 aromatic rings.